The predicted octanol–water partition coefficient (Wildman–Crippen LogP) is 3.40. The molecule has 0 amide bonds. The molecule has 22 heavy (non-hydrogen) atoms. The molecular weight excluding hydrogens is 298 g/mol. The molecule has 1 heterocycles. The standard InChI is InChI=1S/C16H19N3O2S/c1-10(2)11-8-9-14(19-18-11)17-16(22)15-12(20-3)6-5-7-13(15)21-4/h5-10H,1-4H3,(H,17,19,22). The maximum Gasteiger partial charge on any atom is 0.153 e. The maximum absolute atomic E-state index is 5.46. The fraction of sp³-hybridized carbons (Fsp3) is 0.312. The number of methoxy groups -OCH3 is 2. The van der Waals surface area contributed by atoms with E-state index >= 15 is 0 Å². The quantitative estimate of drug-likeness (QED) is 0.853. The smallest absolute Gasteiger partial charge is 0.153 e. The minimum Gasteiger partial charge on any atom is -0.496 e. The molecule has 1 aromatic heterocycles. The lowest BCUT2D eigenvalue weighted by Gasteiger charge is -2.14. The summed E-state index contributed by atoms with van der Waals surface area (Å²) in [5, 5.41) is 11.4. The van der Waals surface area contributed by atoms with Gasteiger partial charge in [0.2, 0.25) is 0 Å². The Morgan fingerprint density at radius 3 is 2.14 bits per heavy atom. The molecule has 0 radical (unpaired) electrons. The molecule has 0 spiro atoms. The van der Waals surface area contributed by atoms with Crippen molar-refractivity contribution in [3.05, 3.63) is 41.6 Å². The van der Waals surface area contributed by atoms with Gasteiger partial charge in [-0.25, -0.2) is 0 Å². The Morgan fingerprint density at radius 1 is 1.05 bits per heavy atom. The summed E-state index contributed by atoms with van der Waals surface area (Å²) >= 11 is 5.46. The molecule has 0 aliphatic carbocycles. The molecular formula is C16H19N3O2S. The number of hydrogen-bond donors (Lipinski definition) is 1. The van der Waals surface area contributed by atoms with Crippen LogP contribution < -0.4 is 14.8 Å². The molecule has 2 rings (SSSR count). The summed E-state index contributed by atoms with van der Waals surface area (Å²) in [6, 6.07) is 9.30. The van der Waals surface area contributed by atoms with E-state index in [1.165, 1.54) is 0 Å². The van der Waals surface area contributed by atoms with Crippen molar-refractivity contribution < 1.29 is 9.47 Å². The number of rotatable bonds is 5. The topological polar surface area (TPSA) is 56.3 Å². The lowest BCUT2D eigenvalue weighted by molar-refractivity contribution is 0.393. The monoisotopic (exact) mass is 317 g/mol. The second-order valence-corrected chi connectivity index (χ2v) is 5.40. The first-order valence-electron chi connectivity index (χ1n) is 6.92. The Balaban J connectivity index is 2.25. The number of hydrogen-bond acceptors (Lipinski definition) is 5. The van der Waals surface area contributed by atoms with Crippen molar-refractivity contribution in [2.24, 2.45) is 0 Å². The fourth-order valence-corrected chi connectivity index (χ4v) is 2.28. The Bertz CT molecular complexity index is 635. The zero-order valence-corrected chi connectivity index (χ0v) is 13.9. The van der Waals surface area contributed by atoms with Crippen LogP contribution in [-0.2, 0) is 0 Å². The molecule has 116 valence electrons. The van der Waals surface area contributed by atoms with E-state index in [9.17, 15) is 0 Å². The predicted molar refractivity (Wildman–Crippen MR) is 91.0 cm³/mol. The van der Waals surface area contributed by atoms with Gasteiger partial charge in [-0.05, 0) is 30.2 Å². The van der Waals surface area contributed by atoms with Crippen LogP contribution in [0, 0.1) is 0 Å². The number of anilines is 1. The number of nitrogens with zero attached hydrogens (tertiary/aromatic N) is 2. The number of thiocarbonyl (C=S) groups is 1. The van der Waals surface area contributed by atoms with Gasteiger partial charge in [0.05, 0.1) is 25.5 Å². The van der Waals surface area contributed by atoms with Gasteiger partial charge in [0.1, 0.15) is 16.5 Å². The Hall–Kier alpha value is -2.21. The van der Waals surface area contributed by atoms with Crippen molar-refractivity contribution in [3.63, 3.8) is 0 Å². The van der Waals surface area contributed by atoms with Gasteiger partial charge in [0.25, 0.3) is 0 Å². The highest BCUT2D eigenvalue weighted by molar-refractivity contribution is 7.81. The van der Waals surface area contributed by atoms with E-state index < -0.39 is 0 Å². The van der Waals surface area contributed by atoms with E-state index in [4.69, 9.17) is 21.7 Å². The van der Waals surface area contributed by atoms with Crippen molar-refractivity contribution in [1.82, 2.24) is 10.2 Å². The summed E-state index contributed by atoms with van der Waals surface area (Å²) in [5.41, 5.74) is 1.63. The minimum atomic E-state index is 0.336. The largest absolute Gasteiger partial charge is 0.496 e. The lowest BCUT2D eigenvalue weighted by Crippen LogP contribution is -2.15. The molecule has 0 fully saturated rings. The van der Waals surface area contributed by atoms with Gasteiger partial charge in [0, 0.05) is 0 Å². The van der Waals surface area contributed by atoms with Crippen LogP contribution in [-0.4, -0.2) is 29.4 Å². The third kappa shape index (κ3) is 3.51. The van der Waals surface area contributed by atoms with Crippen LogP contribution in [0.4, 0.5) is 5.82 Å². The molecule has 0 unspecified atom stereocenters. The molecule has 0 bridgehead atoms. The Morgan fingerprint density at radius 2 is 1.68 bits per heavy atom. The zero-order valence-electron chi connectivity index (χ0n) is 13.1. The van der Waals surface area contributed by atoms with Crippen LogP contribution in [0.15, 0.2) is 30.3 Å². The summed E-state index contributed by atoms with van der Waals surface area (Å²) in [6.45, 7) is 4.14. The van der Waals surface area contributed by atoms with E-state index in [2.05, 4.69) is 29.4 Å². The highest BCUT2D eigenvalue weighted by Crippen LogP contribution is 2.29. The van der Waals surface area contributed by atoms with Crippen LogP contribution in [0.2, 0.25) is 0 Å². The molecule has 6 heteroatoms. The van der Waals surface area contributed by atoms with E-state index in [1.807, 2.05) is 30.3 Å². The molecule has 0 atom stereocenters. The van der Waals surface area contributed by atoms with Gasteiger partial charge >= 0.3 is 0 Å². The first-order chi connectivity index (χ1) is 10.6. The van der Waals surface area contributed by atoms with Crippen LogP contribution >= 0.6 is 12.2 Å². The van der Waals surface area contributed by atoms with E-state index in [0.29, 0.717) is 33.8 Å². The number of benzene rings is 1. The number of nitrogens with one attached hydrogen (secondary N) is 1. The third-order valence-electron chi connectivity index (χ3n) is 3.17. The average Bonchev–Trinajstić information content (AvgIpc) is 2.54. The summed E-state index contributed by atoms with van der Waals surface area (Å²) in [6.07, 6.45) is 0. The van der Waals surface area contributed by atoms with Gasteiger partial charge in [-0.3, -0.25) is 0 Å². The summed E-state index contributed by atoms with van der Waals surface area (Å²) in [4.78, 5) is 0.473. The molecule has 1 aromatic carbocycles. The van der Waals surface area contributed by atoms with Crippen LogP contribution in [0.1, 0.15) is 31.0 Å². The molecule has 5 nitrogen and oxygen atoms in total. The molecule has 0 saturated heterocycles. The van der Waals surface area contributed by atoms with Gasteiger partial charge in [-0.15, -0.1) is 5.10 Å². The van der Waals surface area contributed by atoms with Gasteiger partial charge in [-0.1, -0.05) is 32.1 Å². The van der Waals surface area contributed by atoms with Crippen molar-refractivity contribution in [2.45, 2.75) is 19.8 Å². The Labute approximate surface area is 135 Å². The molecule has 0 aliphatic rings. The van der Waals surface area contributed by atoms with Crippen LogP contribution in [0.25, 0.3) is 0 Å². The fourth-order valence-electron chi connectivity index (χ4n) is 1.97. The molecule has 1 N–H and O–H groups in total. The number of aromatic nitrogens is 2. The third-order valence-corrected chi connectivity index (χ3v) is 3.48. The zero-order chi connectivity index (χ0) is 16.1. The molecule has 2 aromatic rings. The van der Waals surface area contributed by atoms with Crippen molar-refractivity contribution in [3.8, 4) is 11.5 Å². The summed E-state index contributed by atoms with van der Waals surface area (Å²) < 4.78 is 10.7. The van der Waals surface area contributed by atoms with Crippen molar-refractivity contribution in [2.75, 3.05) is 19.5 Å². The highest BCUT2D eigenvalue weighted by atomic mass is 32.1. The summed E-state index contributed by atoms with van der Waals surface area (Å²) in [5.74, 6) is 2.21. The first kappa shape index (κ1) is 16.2. The second-order valence-electron chi connectivity index (χ2n) is 4.99. The van der Waals surface area contributed by atoms with Crippen molar-refractivity contribution in [1.29, 1.82) is 0 Å². The highest BCUT2D eigenvalue weighted by Gasteiger charge is 2.15. The maximum atomic E-state index is 5.46. The SMILES string of the molecule is COc1cccc(OC)c1C(=S)Nc1ccc(C(C)C)nn1. The van der Waals surface area contributed by atoms with Gasteiger partial charge in [0.15, 0.2) is 5.82 Å². The van der Waals surface area contributed by atoms with E-state index in [0.717, 1.165) is 5.69 Å². The Kier molecular flexibility index (Phi) is 5.27. The molecule has 0 aliphatic heterocycles. The van der Waals surface area contributed by atoms with Gasteiger partial charge < -0.3 is 14.8 Å². The average molecular weight is 317 g/mol. The normalized spacial score (nSPS) is 10.4. The first-order valence-corrected chi connectivity index (χ1v) is 7.33. The van der Waals surface area contributed by atoms with Crippen molar-refractivity contribution >= 4 is 23.0 Å². The minimum absolute atomic E-state index is 0.336. The van der Waals surface area contributed by atoms with E-state index in [1.54, 1.807) is 14.2 Å². The number of ether oxygens (including phenoxy) is 2. The summed E-state index contributed by atoms with van der Waals surface area (Å²) in [7, 11) is 3.19. The van der Waals surface area contributed by atoms with E-state index in [-0.39, 0.29) is 0 Å². The second kappa shape index (κ2) is 7.17. The lowest BCUT2D eigenvalue weighted by atomic mass is 10.1. The van der Waals surface area contributed by atoms with Crippen LogP contribution in [0.3, 0.4) is 0 Å². The van der Waals surface area contributed by atoms with Crippen LogP contribution in [0.5, 0.6) is 11.5 Å². The molecule has 0 saturated carbocycles. The van der Waals surface area contributed by atoms with Gasteiger partial charge in [-0.2, -0.15) is 5.10 Å².